The van der Waals surface area contributed by atoms with E-state index in [1.54, 1.807) is 6.20 Å². The topological polar surface area (TPSA) is 25.8 Å². The Morgan fingerprint density at radius 3 is 2.42 bits per heavy atom. The van der Waals surface area contributed by atoms with E-state index in [4.69, 9.17) is 11.6 Å². The van der Waals surface area contributed by atoms with E-state index in [2.05, 4.69) is 16.9 Å². The van der Waals surface area contributed by atoms with Crippen LogP contribution in [0.4, 0.5) is 13.2 Å². The predicted octanol–water partition coefficient (Wildman–Crippen LogP) is 6.12. The van der Waals surface area contributed by atoms with Crippen molar-refractivity contribution in [3.8, 4) is 11.4 Å². The summed E-state index contributed by atoms with van der Waals surface area (Å²) in [7, 11) is 0. The summed E-state index contributed by atoms with van der Waals surface area (Å²) in [6, 6.07) is 4.95. The first-order chi connectivity index (χ1) is 11.4. The molecular weight excluding hydrogens is 337 g/mol. The lowest BCUT2D eigenvalue weighted by atomic mass is 10.0. The van der Waals surface area contributed by atoms with Crippen molar-refractivity contribution < 1.29 is 13.2 Å². The van der Waals surface area contributed by atoms with Crippen LogP contribution in [0.25, 0.3) is 11.4 Å². The van der Waals surface area contributed by atoms with Crippen LogP contribution in [0.1, 0.15) is 60.7 Å². The highest BCUT2D eigenvalue weighted by Crippen LogP contribution is 2.44. The highest BCUT2D eigenvalue weighted by Gasteiger charge is 2.31. The van der Waals surface area contributed by atoms with Gasteiger partial charge in [0.2, 0.25) is 0 Å². The summed E-state index contributed by atoms with van der Waals surface area (Å²) in [5.41, 5.74) is 1.82. The van der Waals surface area contributed by atoms with Gasteiger partial charge < -0.3 is 0 Å². The van der Waals surface area contributed by atoms with Crippen LogP contribution in [0.3, 0.4) is 0 Å². The van der Waals surface area contributed by atoms with E-state index >= 15 is 0 Å². The van der Waals surface area contributed by atoms with Crippen LogP contribution in [-0.4, -0.2) is 9.97 Å². The number of nitrogens with zero attached hydrogens (tertiary/aromatic N) is 2. The Bertz CT molecular complexity index is 709. The second-order valence-corrected chi connectivity index (χ2v) is 6.67. The van der Waals surface area contributed by atoms with Crippen molar-refractivity contribution in [1.29, 1.82) is 0 Å². The molecule has 1 atom stereocenters. The smallest absolute Gasteiger partial charge is 0.236 e. The molecule has 1 aliphatic carbocycles. The van der Waals surface area contributed by atoms with Crippen molar-refractivity contribution in [2.24, 2.45) is 0 Å². The third-order valence-corrected chi connectivity index (χ3v) is 4.62. The first-order valence-corrected chi connectivity index (χ1v) is 8.52. The van der Waals surface area contributed by atoms with Gasteiger partial charge >= 0.3 is 6.18 Å². The van der Waals surface area contributed by atoms with Crippen molar-refractivity contribution >= 4 is 11.6 Å². The molecular formula is C18H18ClF3N2. The van der Waals surface area contributed by atoms with Crippen molar-refractivity contribution in [2.75, 3.05) is 0 Å². The van der Waals surface area contributed by atoms with E-state index in [9.17, 15) is 13.2 Å². The molecule has 0 radical (unpaired) electrons. The van der Waals surface area contributed by atoms with Crippen LogP contribution in [0.5, 0.6) is 0 Å². The van der Waals surface area contributed by atoms with Gasteiger partial charge in [0.05, 0.1) is 16.6 Å². The fraction of sp³-hybridized carbons (Fsp3) is 0.444. The maximum Gasteiger partial charge on any atom is 0.416 e. The minimum atomic E-state index is -4.34. The molecule has 6 heteroatoms. The molecule has 0 amide bonds. The van der Waals surface area contributed by atoms with Gasteiger partial charge in [-0.15, -0.1) is 11.6 Å². The zero-order chi connectivity index (χ0) is 17.3. The molecule has 0 aliphatic heterocycles. The van der Waals surface area contributed by atoms with Crippen LogP contribution in [0, 0.1) is 0 Å². The Hall–Kier alpha value is -1.62. The van der Waals surface area contributed by atoms with Gasteiger partial charge in [0.1, 0.15) is 0 Å². The molecule has 1 saturated carbocycles. The molecule has 1 unspecified atom stereocenters. The van der Waals surface area contributed by atoms with E-state index < -0.39 is 11.7 Å². The monoisotopic (exact) mass is 354 g/mol. The lowest BCUT2D eigenvalue weighted by molar-refractivity contribution is -0.137. The number of rotatable bonds is 5. The van der Waals surface area contributed by atoms with Crippen LogP contribution >= 0.6 is 11.6 Å². The van der Waals surface area contributed by atoms with Gasteiger partial charge in [-0.05, 0) is 31.4 Å². The Morgan fingerprint density at radius 2 is 1.88 bits per heavy atom. The normalized spacial score (nSPS) is 16.2. The van der Waals surface area contributed by atoms with Crippen LogP contribution < -0.4 is 0 Å². The molecule has 0 saturated heterocycles. The summed E-state index contributed by atoms with van der Waals surface area (Å²) >= 11 is 6.45. The van der Waals surface area contributed by atoms with Crippen LogP contribution in [0.2, 0.25) is 0 Å². The second kappa shape index (κ2) is 6.71. The number of benzene rings is 1. The second-order valence-electron chi connectivity index (χ2n) is 6.14. The Balaban J connectivity index is 1.93. The van der Waals surface area contributed by atoms with Gasteiger partial charge in [-0.3, -0.25) is 0 Å². The van der Waals surface area contributed by atoms with E-state index in [0.29, 0.717) is 17.3 Å². The molecule has 1 aromatic heterocycles. The van der Waals surface area contributed by atoms with Crippen molar-refractivity contribution in [3.63, 3.8) is 0 Å². The van der Waals surface area contributed by atoms with E-state index in [1.807, 2.05) is 0 Å². The number of hydrogen-bond donors (Lipinski definition) is 0. The lowest BCUT2D eigenvalue weighted by Gasteiger charge is -2.14. The SMILES string of the molecule is CCCC(Cl)c1cnc(-c2ccc(C(F)(F)F)cc2)nc1C1CC1. The summed E-state index contributed by atoms with van der Waals surface area (Å²) in [6.45, 7) is 2.07. The quantitative estimate of drug-likeness (QED) is 0.604. The molecule has 0 spiro atoms. The highest BCUT2D eigenvalue weighted by molar-refractivity contribution is 6.20. The highest BCUT2D eigenvalue weighted by atomic mass is 35.5. The first-order valence-electron chi connectivity index (χ1n) is 8.08. The van der Waals surface area contributed by atoms with Crippen LogP contribution in [0.15, 0.2) is 30.5 Å². The average molecular weight is 355 g/mol. The molecule has 1 aliphatic rings. The Morgan fingerprint density at radius 1 is 1.21 bits per heavy atom. The molecule has 0 bridgehead atoms. The lowest BCUT2D eigenvalue weighted by Crippen LogP contribution is -2.05. The maximum absolute atomic E-state index is 12.7. The molecule has 0 N–H and O–H groups in total. The largest absolute Gasteiger partial charge is 0.416 e. The number of halogens is 4. The molecule has 24 heavy (non-hydrogen) atoms. The van der Waals surface area contributed by atoms with Crippen molar-refractivity contribution in [1.82, 2.24) is 9.97 Å². The zero-order valence-electron chi connectivity index (χ0n) is 13.3. The molecule has 128 valence electrons. The number of hydrogen-bond acceptors (Lipinski definition) is 2. The minimum Gasteiger partial charge on any atom is -0.236 e. The molecule has 1 heterocycles. The molecule has 2 nitrogen and oxygen atoms in total. The first kappa shape index (κ1) is 17.2. The van der Waals surface area contributed by atoms with Gasteiger partial charge in [-0.25, -0.2) is 9.97 Å². The summed E-state index contributed by atoms with van der Waals surface area (Å²) in [5.74, 6) is 0.851. The standard InChI is InChI=1S/C18H18ClF3N2/c1-2-3-15(19)14-10-23-17(24-16(14)11-4-5-11)12-6-8-13(9-7-12)18(20,21)22/h6-11,15H,2-5H2,1H3. The maximum atomic E-state index is 12.7. The fourth-order valence-corrected chi connectivity index (χ4v) is 3.07. The Labute approximate surface area is 144 Å². The summed E-state index contributed by atoms with van der Waals surface area (Å²) in [4.78, 5) is 8.96. The number of alkyl halides is 4. The van der Waals surface area contributed by atoms with Crippen molar-refractivity contribution in [2.45, 2.75) is 50.1 Å². The number of aromatic nitrogens is 2. The zero-order valence-corrected chi connectivity index (χ0v) is 14.0. The third-order valence-electron chi connectivity index (χ3n) is 4.16. The Kier molecular flexibility index (Phi) is 4.81. The summed E-state index contributed by atoms with van der Waals surface area (Å²) in [6.07, 6.45) is 1.37. The summed E-state index contributed by atoms with van der Waals surface area (Å²) in [5, 5.41) is -0.118. The van der Waals surface area contributed by atoms with Gasteiger partial charge in [0.15, 0.2) is 5.82 Å². The third kappa shape index (κ3) is 3.72. The van der Waals surface area contributed by atoms with E-state index in [1.165, 1.54) is 12.1 Å². The van der Waals surface area contributed by atoms with Gasteiger partial charge in [-0.1, -0.05) is 25.5 Å². The van der Waals surface area contributed by atoms with Gasteiger partial charge in [0.25, 0.3) is 0 Å². The molecule has 1 fully saturated rings. The minimum absolute atomic E-state index is 0.118. The average Bonchev–Trinajstić information content (AvgIpc) is 3.39. The predicted molar refractivity (Wildman–Crippen MR) is 87.9 cm³/mol. The molecule has 1 aromatic carbocycles. The van der Waals surface area contributed by atoms with Crippen LogP contribution in [-0.2, 0) is 6.18 Å². The van der Waals surface area contributed by atoms with Gasteiger partial charge in [-0.2, -0.15) is 13.2 Å². The van der Waals surface area contributed by atoms with Gasteiger partial charge in [0, 0.05) is 23.2 Å². The van der Waals surface area contributed by atoms with E-state index in [0.717, 1.165) is 49.1 Å². The van der Waals surface area contributed by atoms with Crippen molar-refractivity contribution in [3.05, 3.63) is 47.3 Å². The van der Waals surface area contributed by atoms with E-state index in [-0.39, 0.29) is 5.38 Å². The fourth-order valence-electron chi connectivity index (χ4n) is 2.69. The summed E-state index contributed by atoms with van der Waals surface area (Å²) < 4.78 is 38.0. The molecule has 3 rings (SSSR count). The molecule has 2 aromatic rings.